The fourth-order valence-electron chi connectivity index (χ4n) is 13.0. The molecular weight excluding hydrogens is 647 g/mol. The summed E-state index contributed by atoms with van der Waals surface area (Å²) >= 11 is 0. The van der Waals surface area contributed by atoms with Crippen LogP contribution in [0.4, 0.5) is 0 Å². The third-order valence-corrected chi connectivity index (χ3v) is 17.5. The molecule has 0 N–H and O–H groups in total. The topological polar surface area (TPSA) is 21.7 Å². The highest BCUT2D eigenvalue weighted by molar-refractivity contribution is 5.27. The Kier molecular flexibility index (Phi) is 13.3. The lowest BCUT2D eigenvalue weighted by molar-refractivity contribution is -0.180. The summed E-state index contributed by atoms with van der Waals surface area (Å²) in [5, 5.41) is 0. The first-order valence-corrected chi connectivity index (χ1v) is 24.8. The molecule has 0 aromatic carbocycles. The smallest absolute Gasteiger partial charge is 0.168 e. The van der Waals surface area contributed by atoms with E-state index in [2.05, 4.69) is 32.8 Å². The van der Waals surface area contributed by atoms with Crippen LogP contribution in [0.1, 0.15) is 200 Å². The Bertz CT molecular complexity index is 1140. The molecule has 0 radical (unpaired) electrons. The van der Waals surface area contributed by atoms with Gasteiger partial charge >= 0.3 is 0 Å². The summed E-state index contributed by atoms with van der Waals surface area (Å²) in [7, 11) is 4.37. The van der Waals surface area contributed by atoms with E-state index in [-0.39, 0.29) is 5.79 Å². The molecule has 3 heteroatoms. The van der Waals surface area contributed by atoms with Gasteiger partial charge in [-0.3, -0.25) is 0 Å². The molecule has 15 atom stereocenters. The average molecular weight is 734 g/mol. The fraction of sp³-hybridized carbons (Fsp3) is 1.00. The zero-order chi connectivity index (χ0) is 36.4. The molecule has 0 amide bonds. The molecule has 0 aromatic heterocycles. The van der Waals surface area contributed by atoms with Crippen molar-refractivity contribution in [2.75, 3.05) is 27.2 Å². The van der Waals surface area contributed by atoms with E-state index in [0.29, 0.717) is 6.10 Å². The second kappa shape index (κ2) is 17.8. The molecule has 1 aliphatic heterocycles. The molecule has 53 heavy (non-hydrogen) atoms. The molecule has 15 unspecified atom stereocenters. The lowest BCUT2D eigenvalue weighted by Crippen LogP contribution is -2.31. The Morgan fingerprint density at radius 1 is 0.528 bits per heavy atom. The number of hydrogen-bond donors (Lipinski definition) is 0. The van der Waals surface area contributed by atoms with Crippen LogP contribution in [0.5, 0.6) is 0 Å². The molecule has 304 valence electrons. The number of ether oxygens (including phenoxy) is 2. The van der Waals surface area contributed by atoms with Crippen LogP contribution >= 0.6 is 0 Å². The Morgan fingerprint density at radius 2 is 1.02 bits per heavy atom. The van der Waals surface area contributed by atoms with Gasteiger partial charge in [-0.25, -0.2) is 0 Å². The largest absolute Gasteiger partial charge is 0.347 e. The van der Waals surface area contributed by atoms with Crippen molar-refractivity contribution in [2.45, 2.75) is 212 Å². The maximum atomic E-state index is 6.83. The van der Waals surface area contributed by atoms with Crippen molar-refractivity contribution in [2.24, 2.45) is 76.4 Å². The zero-order valence-electron chi connectivity index (χ0n) is 35.7. The van der Waals surface area contributed by atoms with Gasteiger partial charge in [0.1, 0.15) is 0 Å². The van der Waals surface area contributed by atoms with Gasteiger partial charge in [0.05, 0.1) is 12.7 Å². The summed E-state index contributed by atoms with van der Waals surface area (Å²) in [6.45, 7) is 6.60. The highest BCUT2D eigenvalue weighted by atomic mass is 16.7. The van der Waals surface area contributed by atoms with Crippen LogP contribution in [-0.2, 0) is 9.47 Å². The van der Waals surface area contributed by atoms with Gasteiger partial charge in [0.25, 0.3) is 0 Å². The minimum Gasteiger partial charge on any atom is -0.347 e. The molecule has 1 saturated heterocycles. The zero-order valence-corrected chi connectivity index (χ0v) is 35.7. The monoisotopic (exact) mass is 734 g/mol. The molecule has 3 nitrogen and oxygen atoms in total. The van der Waals surface area contributed by atoms with E-state index in [4.69, 9.17) is 9.47 Å². The van der Waals surface area contributed by atoms with Crippen molar-refractivity contribution in [3.05, 3.63) is 0 Å². The number of unbranched alkanes of at least 4 members (excludes halogenated alkanes) is 8. The van der Waals surface area contributed by atoms with Gasteiger partial charge in [-0.2, -0.15) is 0 Å². The maximum Gasteiger partial charge on any atom is 0.168 e. The molecular formula is C50H87NO2. The Hall–Kier alpha value is -0.120. The van der Waals surface area contributed by atoms with Gasteiger partial charge < -0.3 is 14.4 Å². The fourth-order valence-corrected chi connectivity index (χ4v) is 13.0. The van der Waals surface area contributed by atoms with Gasteiger partial charge in [0.2, 0.25) is 0 Å². The van der Waals surface area contributed by atoms with E-state index >= 15 is 0 Å². The first-order chi connectivity index (χ1) is 25.9. The highest BCUT2D eigenvalue weighted by Gasteiger charge is 2.78. The molecule has 7 aliphatic carbocycles. The maximum absolute atomic E-state index is 6.83. The second-order valence-electron chi connectivity index (χ2n) is 22.1. The molecule has 8 aliphatic rings. The van der Waals surface area contributed by atoms with Crippen LogP contribution < -0.4 is 0 Å². The van der Waals surface area contributed by atoms with Crippen LogP contribution in [0, 0.1) is 76.4 Å². The van der Waals surface area contributed by atoms with Crippen LogP contribution in [0.15, 0.2) is 0 Å². The standard InChI is InChI=1S/C50H87NO2/c1-5-7-11-17-36-25-40(36)29-42-31-43(42)30-41-26-37(41)19-13-9-15-22-50(52-35-46(53-50)21-24-51(3)4)23-16-10-14-20-39-28-45(39)33-49-34-48(49)47(49)32-44-27-38(44)18-12-8-6-2/h36-48H,5-35H2,1-4H3. The Morgan fingerprint density at radius 3 is 1.57 bits per heavy atom. The van der Waals surface area contributed by atoms with Crippen molar-refractivity contribution in [3.63, 3.8) is 0 Å². The normalized spacial score (nSPS) is 44.0. The number of hydrogen-bond acceptors (Lipinski definition) is 3. The minimum absolute atomic E-state index is 0.281. The lowest BCUT2D eigenvalue weighted by atomic mass is 9.93. The lowest BCUT2D eigenvalue weighted by Gasteiger charge is -2.29. The van der Waals surface area contributed by atoms with E-state index in [1.807, 2.05) is 0 Å². The molecule has 8 rings (SSSR count). The van der Waals surface area contributed by atoms with E-state index in [9.17, 15) is 0 Å². The van der Waals surface area contributed by atoms with Gasteiger partial charge in [0.15, 0.2) is 5.79 Å². The van der Waals surface area contributed by atoms with E-state index in [1.54, 1.807) is 77.0 Å². The molecule has 1 heterocycles. The van der Waals surface area contributed by atoms with Crippen LogP contribution in [0.3, 0.4) is 0 Å². The van der Waals surface area contributed by atoms with E-state index < -0.39 is 0 Å². The summed E-state index contributed by atoms with van der Waals surface area (Å²) in [5.41, 5.74) is 0.885. The Labute approximate surface area is 329 Å². The predicted molar refractivity (Wildman–Crippen MR) is 222 cm³/mol. The van der Waals surface area contributed by atoms with Gasteiger partial charge in [-0.1, -0.05) is 104 Å². The summed E-state index contributed by atoms with van der Waals surface area (Å²) in [5.74, 6) is 13.2. The van der Waals surface area contributed by atoms with Gasteiger partial charge in [-0.05, 0) is 174 Å². The second-order valence-corrected chi connectivity index (χ2v) is 22.1. The minimum atomic E-state index is -0.281. The van der Waals surface area contributed by atoms with E-state index in [1.165, 1.54) is 102 Å². The first-order valence-electron chi connectivity index (χ1n) is 24.8. The molecule has 0 spiro atoms. The third kappa shape index (κ3) is 11.1. The van der Waals surface area contributed by atoms with Crippen molar-refractivity contribution in [3.8, 4) is 0 Å². The van der Waals surface area contributed by atoms with Crippen molar-refractivity contribution >= 4 is 0 Å². The quantitative estimate of drug-likeness (QED) is 0.0662. The third-order valence-electron chi connectivity index (χ3n) is 17.5. The van der Waals surface area contributed by atoms with Crippen LogP contribution in [0.2, 0.25) is 0 Å². The molecule has 8 fully saturated rings. The molecule has 0 aromatic rings. The van der Waals surface area contributed by atoms with Crippen molar-refractivity contribution in [1.82, 2.24) is 4.90 Å². The predicted octanol–water partition coefficient (Wildman–Crippen LogP) is 13.5. The molecule has 0 bridgehead atoms. The van der Waals surface area contributed by atoms with Crippen molar-refractivity contribution < 1.29 is 9.47 Å². The first kappa shape index (κ1) is 39.7. The molecule has 7 saturated carbocycles. The van der Waals surface area contributed by atoms with Crippen molar-refractivity contribution in [1.29, 1.82) is 0 Å². The van der Waals surface area contributed by atoms with Gasteiger partial charge in [-0.15, -0.1) is 0 Å². The van der Waals surface area contributed by atoms with E-state index in [0.717, 1.165) is 97.0 Å². The summed E-state index contributed by atoms with van der Waals surface area (Å²) in [6, 6.07) is 0. The Balaban J connectivity index is 0.663. The van der Waals surface area contributed by atoms with Gasteiger partial charge in [0, 0.05) is 19.4 Å². The highest BCUT2D eigenvalue weighted by Crippen LogP contribution is 2.85. The number of fused-ring (bicyclic) bond motifs is 1. The summed E-state index contributed by atoms with van der Waals surface area (Å²) in [6.07, 6.45) is 42.5. The summed E-state index contributed by atoms with van der Waals surface area (Å²) in [4.78, 5) is 2.30. The van der Waals surface area contributed by atoms with Crippen LogP contribution in [0.25, 0.3) is 0 Å². The number of rotatable bonds is 31. The van der Waals surface area contributed by atoms with Crippen LogP contribution in [-0.4, -0.2) is 44.0 Å². The average Bonchev–Trinajstić information content (AvgIpc) is 3.90. The summed E-state index contributed by atoms with van der Waals surface area (Å²) < 4.78 is 13.4. The SMILES string of the molecule is CCCCCC1CC1CC1CC1CC1CC1CCCCCC1(CCCCCC2CC2CC23CC2C3CC2CC2CCCCC)OCC(CCN(C)C)O1. The number of nitrogens with zero attached hydrogens (tertiary/aromatic N) is 1.